The number of carbonyl (C=O) groups is 3. The zero-order valence-electron chi connectivity index (χ0n) is 15.3. The van der Waals surface area contributed by atoms with Crippen LogP contribution in [0, 0.1) is 5.92 Å². The SMILES string of the molecule is CCC(CC)C(=O)Nc1ccc(C(=O)Nc2ccc(C(C)=O)cc2)cc1. The van der Waals surface area contributed by atoms with E-state index >= 15 is 0 Å². The number of nitrogens with one attached hydrogen (secondary N) is 2. The first-order chi connectivity index (χ1) is 12.4. The Morgan fingerprint density at radius 2 is 1.23 bits per heavy atom. The third kappa shape index (κ3) is 5.02. The van der Waals surface area contributed by atoms with Gasteiger partial charge in [-0.25, -0.2) is 0 Å². The normalized spacial score (nSPS) is 10.5. The molecule has 0 heterocycles. The van der Waals surface area contributed by atoms with Gasteiger partial charge < -0.3 is 10.6 Å². The predicted octanol–water partition coefficient (Wildman–Crippen LogP) is 4.52. The van der Waals surface area contributed by atoms with Crippen LogP contribution in [0.15, 0.2) is 48.5 Å². The van der Waals surface area contributed by atoms with E-state index in [0.29, 0.717) is 22.5 Å². The minimum absolute atomic E-state index is 0.00207. The quantitative estimate of drug-likeness (QED) is 0.720. The Kier molecular flexibility index (Phi) is 6.67. The smallest absolute Gasteiger partial charge is 0.255 e. The van der Waals surface area contributed by atoms with E-state index < -0.39 is 0 Å². The van der Waals surface area contributed by atoms with Gasteiger partial charge in [-0.05, 0) is 68.3 Å². The lowest BCUT2D eigenvalue weighted by molar-refractivity contribution is -0.120. The van der Waals surface area contributed by atoms with E-state index in [1.807, 2.05) is 13.8 Å². The van der Waals surface area contributed by atoms with Crippen molar-refractivity contribution in [2.24, 2.45) is 5.92 Å². The molecule has 0 bridgehead atoms. The molecule has 136 valence electrons. The Bertz CT molecular complexity index is 776. The molecule has 2 N–H and O–H groups in total. The van der Waals surface area contributed by atoms with E-state index in [2.05, 4.69) is 10.6 Å². The third-order valence-corrected chi connectivity index (χ3v) is 4.32. The summed E-state index contributed by atoms with van der Waals surface area (Å²) in [5.41, 5.74) is 2.37. The molecule has 2 aromatic rings. The van der Waals surface area contributed by atoms with Crippen LogP contribution in [0.1, 0.15) is 54.3 Å². The number of hydrogen-bond donors (Lipinski definition) is 2. The molecule has 0 spiro atoms. The highest BCUT2D eigenvalue weighted by Gasteiger charge is 2.14. The molecular weight excluding hydrogens is 328 g/mol. The average Bonchev–Trinajstić information content (AvgIpc) is 2.63. The summed E-state index contributed by atoms with van der Waals surface area (Å²) in [7, 11) is 0. The predicted molar refractivity (Wildman–Crippen MR) is 104 cm³/mol. The average molecular weight is 352 g/mol. The second-order valence-corrected chi connectivity index (χ2v) is 6.17. The maximum atomic E-state index is 12.3. The van der Waals surface area contributed by atoms with E-state index in [0.717, 1.165) is 12.8 Å². The molecule has 0 saturated heterocycles. The Labute approximate surface area is 153 Å². The lowest BCUT2D eigenvalue weighted by Gasteiger charge is -2.13. The zero-order valence-corrected chi connectivity index (χ0v) is 15.3. The molecule has 2 rings (SSSR count). The largest absolute Gasteiger partial charge is 0.326 e. The van der Waals surface area contributed by atoms with Gasteiger partial charge in [0.05, 0.1) is 0 Å². The summed E-state index contributed by atoms with van der Waals surface area (Å²) in [4.78, 5) is 35.7. The molecule has 0 aliphatic heterocycles. The number of carbonyl (C=O) groups excluding carboxylic acids is 3. The Morgan fingerprint density at radius 1 is 0.769 bits per heavy atom. The molecule has 0 atom stereocenters. The summed E-state index contributed by atoms with van der Waals surface area (Å²) < 4.78 is 0. The number of anilines is 2. The maximum Gasteiger partial charge on any atom is 0.255 e. The summed E-state index contributed by atoms with van der Waals surface area (Å²) in [5.74, 6) is -0.277. The molecule has 0 saturated carbocycles. The molecule has 5 nitrogen and oxygen atoms in total. The number of amides is 2. The van der Waals surface area contributed by atoms with Crippen LogP contribution in [0.25, 0.3) is 0 Å². The Hall–Kier alpha value is -2.95. The number of benzene rings is 2. The molecule has 0 radical (unpaired) electrons. The van der Waals surface area contributed by atoms with Crippen LogP contribution >= 0.6 is 0 Å². The van der Waals surface area contributed by atoms with Crippen molar-refractivity contribution in [2.45, 2.75) is 33.6 Å². The molecule has 26 heavy (non-hydrogen) atoms. The van der Waals surface area contributed by atoms with Gasteiger partial charge in [-0.2, -0.15) is 0 Å². The molecule has 0 unspecified atom stereocenters. The molecule has 2 aromatic carbocycles. The number of ketones is 1. The lowest BCUT2D eigenvalue weighted by atomic mass is 10.0. The first kappa shape index (κ1) is 19.4. The lowest BCUT2D eigenvalue weighted by Crippen LogP contribution is -2.21. The van der Waals surface area contributed by atoms with Gasteiger partial charge in [0, 0.05) is 28.4 Å². The molecule has 0 aliphatic carbocycles. The van der Waals surface area contributed by atoms with Gasteiger partial charge >= 0.3 is 0 Å². The fraction of sp³-hybridized carbons (Fsp3) is 0.286. The van der Waals surface area contributed by atoms with Crippen molar-refractivity contribution in [1.82, 2.24) is 0 Å². The summed E-state index contributed by atoms with van der Waals surface area (Å²) >= 11 is 0. The van der Waals surface area contributed by atoms with Gasteiger partial charge in [0.2, 0.25) is 5.91 Å². The summed E-state index contributed by atoms with van der Waals surface area (Å²) in [6.07, 6.45) is 1.59. The van der Waals surface area contributed by atoms with Crippen LogP contribution in [0.2, 0.25) is 0 Å². The summed E-state index contributed by atoms with van der Waals surface area (Å²) in [5, 5.41) is 5.66. The van der Waals surface area contributed by atoms with Crippen molar-refractivity contribution in [3.8, 4) is 0 Å². The van der Waals surface area contributed by atoms with Crippen molar-refractivity contribution in [1.29, 1.82) is 0 Å². The number of hydrogen-bond acceptors (Lipinski definition) is 3. The van der Waals surface area contributed by atoms with Crippen molar-refractivity contribution in [3.63, 3.8) is 0 Å². The fourth-order valence-electron chi connectivity index (χ4n) is 2.60. The third-order valence-electron chi connectivity index (χ3n) is 4.32. The van der Waals surface area contributed by atoms with Gasteiger partial charge in [-0.15, -0.1) is 0 Å². The first-order valence-corrected chi connectivity index (χ1v) is 8.77. The van der Waals surface area contributed by atoms with Gasteiger partial charge in [0.15, 0.2) is 5.78 Å². The monoisotopic (exact) mass is 352 g/mol. The topological polar surface area (TPSA) is 75.3 Å². The molecule has 0 aromatic heterocycles. The standard InChI is InChI=1S/C21H24N2O3/c1-4-15(5-2)20(25)22-19-12-8-17(9-13-19)21(26)23-18-10-6-16(7-11-18)14(3)24/h6-13,15H,4-5H2,1-3H3,(H,22,25)(H,23,26). The van der Waals surface area contributed by atoms with Crippen LogP contribution < -0.4 is 10.6 Å². The van der Waals surface area contributed by atoms with Crippen LogP contribution in [0.4, 0.5) is 11.4 Å². The second kappa shape index (κ2) is 8.94. The van der Waals surface area contributed by atoms with E-state index in [1.54, 1.807) is 48.5 Å². The van der Waals surface area contributed by atoms with Gasteiger partial charge in [0.1, 0.15) is 0 Å². The highest BCUT2D eigenvalue weighted by atomic mass is 16.2. The van der Waals surface area contributed by atoms with E-state index in [-0.39, 0.29) is 23.5 Å². The fourth-order valence-corrected chi connectivity index (χ4v) is 2.60. The van der Waals surface area contributed by atoms with Gasteiger partial charge in [-0.1, -0.05) is 13.8 Å². The molecule has 0 aliphatic rings. The minimum atomic E-state index is -0.251. The van der Waals surface area contributed by atoms with E-state index in [4.69, 9.17) is 0 Å². The van der Waals surface area contributed by atoms with Crippen LogP contribution in [-0.4, -0.2) is 17.6 Å². The molecule has 5 heteroatoms. The highest BCUT2D eigenvalue weighted by Crippen LogP contribution is 2.16. The van der Waals surface area contributed by atoms with Gasteiger partial charge in [-0.3, -0.25) is 14.4 Å². The first-order valence-electron chi connectivity index (χ1n) is 8.77. The number of Topliss-reactive ketones (excluding diaryl/α,β-unsaturated/α-hetero) is 1. The zero-order chi connectivity index (χ0) is 19.1. The van der Waals surface area contributed by atoms with Gasteiger partial charge in [0.25, 0.3) is 5.91 Å². The molecular formula is C21H24N2O3. The van der Waals surface area contributed by atoms with Crippen LogP contribution in [0.3, 0.4) is 0 Å². The summed E-state index contributed by atoms with van der Waals surface area (Å²) in [6.45, 7) is 5.48. The van der Waals surface area contributed by atoms with Crippen molar-refractivity contribution >= 4 is 29.0 Å². The molecule has 2 amide bonds. The van der Waals surface area contributed by atoms with Crippen LogP contribution in [0.5, 0.6) is 0 Å². The van der Waals surface area contributed by atoms with Crippen molar-refractivity contribution < 1.29 is 14.4 Å². The van der Waals surface area contributed by atoms with Crippen molar-refractivity contribution in [2.75, 3.05) is 10.6 Å². The Balaban J connectivity index is 1.99. The highest BCUT2D eigenvalue weighted by molar-refractivity contribution is 6.05. The molecule has 0 fully saturated rings. The van der Waals surface area contributed by atoms with Crippen LogP contribution in [-0.2, 0) is 4.79 Å². The second-order valence-electron chi connectivity index (χ2n) is 6.17. The van der Waals surface area contributed by atoms with E-state index in [1.165, 1.54) is 6.92 Å². The minimum Gasteiger partial charge on any atom is -0.326 e. The Morgan fingerprint density at radius 3 is 1.69 bits per heavy atom. The number of rotatable bonds is 7. The summed E-state index contributed by atoms with van der Waals surface area (Å²) in [6, 6.07) is 13.5. The maximum absolute atomic E-state index is 12.3. The van der Waals surface area contributed by atoms with Crippen molar-refractivity contribution in [3.05, 3.63) is 59.7 Å². The van der Waals surface area contributed by atoms with E-state index in [9.17, 15) is 14.4 Å².